The topological polar surface area (TPSA) is 53.1 Å². The first kappa shape index (κ1) is 12.6. The van der Waals surface area contributed by atoms with Gasteiger partial charge in [0.1, 0.15) is 5.84 Å². The summed E-state index contributed by atoms with van der Waals surface area (Å²) in [5.74, 6) is 0.121. The van der Waals surface area contributed by atoms with Crippen LogP contribution < -0.4 is 10.6 Å². The second-order valence-electron chi connectivity index (χ2n) is 4.02. The molecule has 0 saturated carbocycles. The molecule has 1 aromatic heterocycles. The van der Waals surface area contributed by atoms with Crippen molar-refractivity contribution < 1.29 is 0 Å². The van der Waals surface area contributed by atoms with E-state index in [9.17, 15) is 0 Å². The fourth-order valence-corrected chi connectivity index (χ4v) is 2.65. The average molecular weight is 259 g/mol. The van der Waals surface area contributed by atoms with Crippen molar-refractivity contribution in [3.63, 3.8) is 0 Å². The molecule has 0 aliphatic heterocycles. The maximum atomic E-state index is 7.65. The third kappa shape index (κ3) is 2.71. The summed E-state index contributed by atoms with van der Waals surface area (Å²) in [6, 6.07) is 12.0. The van der Waals surface area contributed by atoms with Crippen LogP contribution in [-0.4, -0.2) is 12.4 Å². The maximum Gasteiger partial charge on any atom is 0.124 e. The number of benzene rings is 1. The minimum absolute atomic E-state index is 0.121. The SMILES string of the molecule is CCN(Cc1cccs1)c1ccccc1C(=N)N. The first-order valence-electron chi connectivity index (χ1n) is 5.93. The van der Waals surface area contributed by atoms with E-state index in [4.69, 9.17) is 11.1 Å². The van der Waals surface area contributed by atoms with Crippen LogP contribution in [0.4, 0.5) is 5.69 Å². The first-order chi connectivity index (χ1) is 8.72. The molecule has 0 aliphatic carbocycles. The average Bonchev–Trinajstić information content (AvgIpc) is 2.88. The quantitative estimate of drug-likeness (QED) is 0.640. The highest BCUT2D eigenvalue weighted by Gasteiger charge is 2.11. The summed E-state index contributed by atoms with van der Waals surface area (Å²) in [5.41, 5.74) is 7.47. The Kier molecular flexibility index (Phi) is 3.99. The molecule has 0 aliphatic rings. The van der Waals surface area contributed by atoms with Crippen molar-refractivity contribution in [3.8, 4) is 0 Å². The summed E-state index contributed by atoms with van der Waals surface area (Å²) in [5, 5.41) is 9.73. The number of para-hydroxylation sites is 1. The monoisotopic (exact) mass is 259 g/mol. The maximum absolute atomic E-state index is 7.65. The van der Waals surface area contributed by atoms with Crippen LogP contribution in [0.1, 0.15) is 17.4 Å². The molecule has 0 bridgehead atoms. The first-order valence-corrected chi connectivity index (χ1v) is 6.81. The van der Waals surface area contributed by atoms with Gasteiger partial charge in [-0.3, -0.25) is 5.41 Å². The standard InChI is InChI=1S/C14H17N3S/c1-2-17(10-11-6-5-9-18-11)13-8-4-3-7-12(13)14(15)16/h3-9H,2,10H2,1H3,(H3,15,16). The van der Waals surface area contributed by atoms with Crippen LogP contribution in [0.3, 0.4) is 0 Å². The van der Waals surface area contributed by atoms with Gasteiger partial charge in [0.25, 0.3) is 0 Å². The highest BCUT2D eigenvalue weighted by Crippen LogP contribution is 2.23. The second kappa shape index (κ2) is 5.69. The van der Waals surface area contributed by atoms with Crippen LogP contribution >= 0.6 is 11.3 Å². The molecular weight excluding hydrogens is 242 g/mol. The number of nitrogen functional groups attached to an aromatic ring is 1. The van der Waals surface area contributed by atoms with Crippen LogP contribution in [0.2, 0.25) is 0 Å². The highest BCUT2D eigenvalue weighted by molar-refractivity contribution is 7.09. The molecule has 94 valence electrons. The number of hydrogen-bond acceptors (Lipinski definition) is 3. The Balaban J connectivity index is 2.30. The van der Waals surface area contributed by atoms with Gasteiger partial charge < -0.3 is 10.6 Å². The van der Waals surface area contributed by atoms with E-state index >= 15 is 0 Å². The van der Waals surface area contributed by atoms with Gasteiger partial charge in [-0.25, -0.2) is 0 Å². The molecular formula is C14H17N3S. The van der Waals surface area contributed by atoms with Gasteiger partial charge in [0, 0.05) is 22.7 Å². The van der Waals surface area contributed by atoms with Gasteiger partial charge in [0.15, 0.2) is 0 Å². The van der Waals surface area contributed by atoms with Gasteiger partial charge in [0.05, 0.1) is 6.54 Å². The minimum Gasteiger partial charge on any atom is -0.384 e. The summed E-state index contributed by atoms with van der Waals surface area (Å²) in [4.78, 5) is 3.55. The van der Waals surface area contributed by atoms with E-state index in [1.165, 1.54) is 4.88 Å². The van der Waals surface area contributed by atoms with E-state index in [0.29, 0.717) is 0 Å². The summed E-state index contributed by atoms with van der Waals surface area (Å²) in [7, 11) is 0. The summed E-state index contributed by atoms with van der Waals surface area (Å²) in [6.07, 6.45) is 0. The lowest BCUT2D eigenvalue weighted by Gasteiger charge is -2.24. The van der Waals surface area contributed by atoms with E-state index in [2.05, 4.69) is 29.3 Å². The molecule has 0 spiro atoms. The Hall–Kier alpha value is -1.81. The molecule has 4 heteroatoms. The molecule has 2 aromatic rings. The smallest absolute Gasteiger partial charge is 0.124 e. The van der Waals surface area contributed by atoms with Gasteiger partial charge in [-0.05, 0) is 30.5 Å². The summed E-state index contributed by atoms with van der Waals surface area (Å²) >= 11 is 1.75. The molecule has 0 fully saturated rings. The van der Waals surface area contributed by atoms with E-state index in [0.717, 1.165) is 24.3 Å². The number of hydrogen-bond donors (Lipinski definition) is 2. The fraction of sp³-hybridized carbons (Fsp3) is 0.214. The zero-order valence-electron chi connectivity index (χ0n) is 10.4. The van der Waals surface area contributed by atoms with E-state index < -0.39 is 0 Å². The van der Waals surface area contributed by atoms with Crippen molar-refractivity contribution in [3.05, 3.63) is 52.2 Å². The van der Waals surface area contributed by atoms with Crippen molar-refractivity contribution >= 4 is 22.9 Å². The Labute approximate surface area is 111 Å². The van der Waals surface area contributed by atoms with Crippen molar-refractivity contribution in [1.29, 1.82) is 5.41 Å². The Morgan fingerprint density at radius 1 is 1.28 bits per heavy atom. The zero-order chi connectivity index (χ0) is 13.0. The van der Waals surface area contributed by atoms with Crippen LogP contribution in [0.5, 0.6) is 0 Å². The van der Waals surface area contributed by atoms with E-state index in [1.54, 1.807) is 11.3 Å². The van der Waals surface area contributed by atoms with Crippen LogP contribution in [-0.2, 0) is 6.54 Å². The molecule has 2 rings (SSSR count). The van der Waals surface area contributed by atoms with Crippen LogP contribution in [0, 0.1) is 5.41 Å². The Bertz CT molecular complexity index is 520. The second-order valence-corrected chi connectivity index (χ2v) is 5.06. The largest absolute Gasteiger partial charge is 0.384 e. The minimum atomic E-state index is 0.121. The van der Waals surface area contributed by atoms with Crippen LogP contribution in [0.15, 0.2) is 41.8 Å². The lowest BCUT2D eigenvalue weighted by atomic mass is 10.1. The molecule has 0 radical (unpaired) electrons. The van der Waals surface area contributed by atoms with Gasteiger partial charge in [-0.1, -0.05) is 18.2 Å². The molecule has 18 heavy (non-hydrogen) atoms. The van der Waals surface area contributed by atoms with E-state index in [-0.39, 0.29) is 5.84 Å². The van der Waals surface area contributed by atoms with Gasteiger partial charge >= 0.3 is 0 Å². The van der Waals surface area contributed by atoms with Crippen molar-refractivity contribution in [2.45, 2.75) is 13.5 Å². The number of thiophene rings is 1. The summed E-state index contributed by atoms with van der Waals surface area (Å²) < 4.78 is 0. The van der Waals surface area contributed by atoms with Crippen LogP contribution in [0.25, 0.3) is 0 Å². The third-order valence-electron chi connectivity index (χ3n) is 2.84. The Morgan fingerprint density at radius 2 is 2.06 bits per heavy atom. The number of nitrogens with two attached hydrogens (primary N) is 1. The number of rotatable bonds is 5. The fourth-order valence-electron chi connectivity index (χ4n) is 1.94. The summed E-state index contributed by atoms with van der Waals surface area (Å²) in [6.45, 7) is 3.87. The highest BCUT2D eigenvalue weighted by atomic mass is 32.1. The number of anilines is 1. The van der Waals surface area contributed by atoms with Crippen molar-refractivity contribution in [2.75, 3.05) is 11.4 Å². The van der Waals surface area contributed by atoms with Gasteiger partial charge in [-0.2, -0.15) is 0 Å². The number of nitrogens with zero attached hydrogens (tertiary/aromatic N) is 1. The molecule has 0 amide bonds. The number of nitrogens with one attached hydrogen (secondary N) is 1. The molecule has 3 N–H and O–H groups in total. The predicted molar refractivity (Wildman–Crippen MR) is 78.5 cm³/mol. The zero-order valence-corrected chi connectivity index (χ0v) is 11.2. The molecule has 3 nitrogen and oxygen atoms in total. The Morgan fingerprint density at radius 3 is 2.67 bits per heavy atom. The molecule has 0 unspecified atom stereocenters. The van der Waals surface area contributed by atoms with E-state index in [1.807, 2.05) is 24.3 Å². The lowest BCUT2D eigenvalue weighted by Crippen LogP contribution is -2.25. The molecule has 1 aromatic carbocycles. The van der Waals surface area contributed by atoms with Gasteiger partial charge in [0.2, 0.25) is 0 Å². The predicted octanol–water partition coefficient (Wildman–Crippen LogP) is 3.06. The normalized spacial score (nSPS) is 10.3. The molecule has 0 saturated heterocycles. The third-order valence-corrected chi connectivity index (χ3v) is 3.70. The lowest BCUT2D eigenvalue weighted by molar-refractivity contribution is 0.841. The molecule has 1 heterocycles. The van der Waals surface area contributed by atoms with Crippen molar-refractivity contribution in [1.82, 2.24) is 0 Å². The van der Waals surface area contributed by atoms with Gasteiger partial charge in [-0.15, -0.1) is 11.3 Å². The number of amidine groups is 1. The van der Waals surface area contributed by atoms with Crippen molar-refractivity contribution in [2.24, 2.45) is 5.73 Å². The molecule has 0 atom stereocenters.